The number of rotatable bonds is 5. The predicted molar refractivity (Wildman–Crippen MR) is 66.0 cm³/mol. The lowest BCUT2D eigenvalue weighted by Crippen LogP contribution is -2.53. The number of piperazine rings is 1. The summed E-state index contributed by atoms with van der Waals surface area (Å²) in [6.45, 7) is 7.56. The zero-order chi connectivity index (χ0) is 12.2. The molecule has 1 aliphatic heterocycles. The van der Waals surface area contributed by atoms with Crippen LogP contribution in [0.4, 0.5) is 0 Å². The second-order valence-corrected chi connectivity index (χ2v) is 6.43. The molecule has 1 heterocycles. The van der Waals surface area contributed by atoms with Crippen molar-refractivity contribution >= 4 is 10.0 Å². The summed E-state index contributed by atoms with van der Waals surface area (Å²) in [6.07, 6.45) is 0. The summed E-state index contributed by atoms with van der Waals surface area (Å²) in [5.74, 6) is 0.203. The zero-order valence-corrected chi connectivity index (χ0v) is 11.3. The van der Waals surface area contributed by atoms with Gasteiger partial charge >= 0.3 is 0 Å². The van der Waals surface area contributed by atoms with Gasteiger partial charge in [0.1, 0.15) is 0 Å². The molecule has 0 aromatic heterocycles. The summed E-state index contributed by atoms with van der Waals surface area (Å²) < 4.78 is 25.7. The van der Waals surface area contributed by atoms with E-state index in [1.807, 2.05) is 20.9 Å². The van der Waals surface area contributed by atoms with E-state index in [0.29, 0.717) is 13.1 Å². The highest BCUT2D eigenvalue weighted by Crippen LogP contribution is 2.13. The second kappa shape index (κ2) is 5.95. The fraction of sp³-hybridized carbons (Fsp3) is 1.00. The summed E-state index contributed by atoms with van der Waals surface area (Å²) in [6, 6.07) is 0.0883. The quantitative estimate of drug-likeness (QED) is 0.671. The Morgan fingerprint density at radius 1 is 1.38 bits per heavy atom. The van der Waals surface area contributed by atoms with Crippen LogP contribution in [0.1, 0.15) is 13.8 Å². The third kappa shape index (κ3) is 3.69. The molecule has 0 spiro atoms. The van der Waals surface area contributed by atoms with Crippen LogP contribution in [0.3, 0.4) is 0 Å². The second-order valence-electron chi connectivity index (χ2n) is 4.39. The number of hydrogen-bond donors (Lipinski definition) is 1. The molecule has 5 nitrogen and oxygen atoms in total. The maximum atomic E-state index is 12.0. The molecule has 1 saturated heterocycles. The summed E-state index contributed by atoms with van der Waals surface area (Å²) in [4.78, 5) is 2.17. The van der Waals surface area contributed by atoms with Crippen LogP contribution in [-0.4, -0.2) is 69.2 Å². The first kappa shape index (κ1) is 13.9. The first-order valence-electron chi connectivity index (χ1n) is 5.86. The van der Waals surface area contributed by atoms with Crippen molar-refractivity contribution in [2.45, 2.75) is 19.9 Å². The maximum Gasteiger partial charge on any atom is 0.215 e. The van der Waals surface area contributed by atoms with Crippen molar-refractivity contribution in [1.82, 2.24) is 14.5 Å². The maximum absolute atomic E-state index is 12.0. The van der Waals surface area contributed by atoms with E-state index in [2.05, 4.69) is 10.2 Å². The van der Waals surface area contributed by atoms with Crippen molar-refractivity contribution in [3.05, 3.63) is 0 Å². The molecule has 0 aliphatic carbocycles. The van der Waals surface area contributed by atoms with Crippen molar-refractivity contribution in [3.8, 4) is 0 Å². The van der Waals surface area contributed by atoms with Crippen LogP contribution < -0.4 is 5.32 Å². The van der Waals surface area contributed by atoms with Gasteiger partial charge in [-0.15, -0.1) is 0 Å². The van der Waals surface area contributed by atoms with Crippen molar-refractivity contribution in [2.75, 3.05) is 45.5 Å². The standard InChI is InChI=1S/C10H23N3O2S/c1-4-11-5-8-16(14,15)13-7-6-12(3)9-10(13)2/h10-11H,4-9H2,1-3H3. The van der Waals surface area contributed by atoms with E-state index in [4.69, 9.17) is 0 Å². The molecule has 6 heteroatoms. The van der Waals surface area contributed by atoms with Gasteiger partial charge in [-0.1, -0.05) is 6.92 Å². The molecule has 1 unspecified atom stereocenters. The Kier molecular flexibility index (Phi) is 5.17. The average Bonchev–Trinajstić information content (AvgIpc) is 2.17. The highest BCUT2D eigenvalue weighted by molar-refractivity contribution is 7.89. The molecule has 1 N–H and O–H groups in total. The highest BCUT2D eigenvalue weighted by atomic mass is 32.2. The predicted octanol–water partition coefficient (Wildman–Crippen LogP) is -0.438. The third-order valence-electron chi connectivity index (χ3n) is 2.91. The Bertz CT molecular complexity index is 305. The van der Waals surface area contributed by atoms with E-state index in [1.54, 1.807) is 4.31 Å². The summed E-state index contributed by atoms with van der Waals surface area (Å²) in [7, 11) is -1.06. The Labute approximate surface area is 98.8 Å². The van der Waals surface area contributed by atoms with Crippen molar-refractivity contribution < 1.29 is 8.42 Å². The minimum atomic E-state index is -3.08. The topological polar surface area (TPSA) is 52.7 Å². The Morgan fingerprint density at radius 3 is 2.62 bits per heavy atom. The molecule has 0 radical (unpaired) electrons. The highest BCUT2D eigenvalue weighted by Gasteiger charge is 2.30. The molecule has 1 atom stereocenters. The van der Waals surface area contributed by atoms with Gasteiger partial charge in [0.2, 0.25) is 10.0 Å². The molecule has 0 amide bonds. The van der Waals surface area contributed by atoms with E-state index < -0.39 is 10.0 Å². The van der Waals surface area contributed by atoms with Crippen LogP contribution in [0, 0.1) is 0 Å². The van der Waals surface area contributed by atoms with E-state index in [9.17, 15) is 8.42 Å². The van der Waals surface area contributed by atoms with Crippen molar-refractivity contribution in [1.29, 1.82) is 0 Å². The van der Waals surface area contributed by atoms with Gasteiger partial charge in [0, 0.05) is 32.2 Å². The first-order chi connectivity index (χ1) is 7.47. The van der Waals surface area contributed by atoms with Gasteiger partial charge in [-0.25, -0.2) is 8.42 Å². The number of sulfonamides is 1. The van der Waals surface area contributed by atoms with Gasteiger partial charge in [0.25, 0.3) is 0 Å². The molecule has 96 valence electrons. The summed E-state index contributed by atoms with van der Waals surface area (Å²) >= 11 is 0. The minimum absolute atomic E-state index is 0.0883. The largest absolute Gasteiger partial charge is 0.316 e. The fourth-order valence-corrected chi connectivity index (χ4v) is 3.64. The van der Waals surface area contributed by atoms with Crippen molar-refractivity contribution in [2.24, 2.45) is 0 Å². The van der Waals surface area contributed by atoms with Crippen LogP contribution in [0.2, 0.25) is 0 Å². The lowest BCUT2D eigenvalue weighted by Gasteiger charge is -2.37. The molecular formula is C10H23N3O2S. The third-order valence-corrected chi connectivity index (χ3v) is 4.89. The van der Waals surface area contributed by atoms with Gasteiger partial charge in [-0.05, 0) is 20.5 Å². The molecular weight excluding hydrogens is 226 g/mol. The van der Waals surface area contributed by atoms with Crippen molar-refractivity contribution in [3.63, 3.8) is 0 Å². The van der Waals surface area contributed by atoms with Gasteiger partial charge in [-0.3, -0.25) is 0 Å². The Balaban J connectivity index is 2.54. The minimum Gasteiger partial charge on any atom is -0.316 e. The Morgan fingerprint density at radius 2 is 2.06 bits per heavy atom. The van der Waals surface area contributed by atoms with E-state index in [0.717, 1.165) is 19.6 Å². The lowest BCUT2D eigenvalue weighted by molar-refractivity contribution is 0.170. The number of nitrogens with zero attached hydrogens (tertiary/aromatic N) is 2. The molecule has 0 saturated carbocycles. The van der Waals surface area contributed by atoms with Gasteiger partial charge in [0.05, 0.1) is 5.75 Å². The Hall–Kier alpha value is -0.170. The number of nitrogens with one attached hydrogen (secondary N) is 1. The fourth-order valence-electron chi connectivity index (χ4n) is 2.03. The summed E-state index contributed by atoms with van der Waals surface area (Å²) in [5.41, 5.74) is 0. The molecule has 0 aromatic carbocycles. The van der Waals surface area contributed by atoms with Crippen LogP contribution in [-0.2, 0) is 10.0 Å². The molecule has 1 aliphatic rings. The van der Waals surface area contributed by atoms with E-state index in [1.165, 1.54) is 0 Å². The van der Waals surface area contributed by atoms with E-state index in [-0.39, 0.29) is 11.8 Å². The van der Waals surface area contributed by atoms with E-state index >= 15 is 0 Å². The van der Waals surface area contributed by atoms with Crippen LogP contribution >= 0.6 is 0 Å². The van der Waals surface area contributed by atoms with Gasteiger partial charge < -0.3 is 10.2 Å². The molecule has 1 fully saturated rings. The molecule has 1 rings (SSSR count). The SMILES string of the molecule is CCNCCS(=O)(=O)N1CCN(C)CC1C. The average molecular weight is 249 g/mol. The summed E-state index contributed by atoms with van der Waals surface area (Å²) in [5, 5.41) is 3.05. The lowest BCUT2D eigenvalue weighted by atomic mass is 10.2. The van der Waals surface area contributed by atoms with Gasteiger partial charge in [-0.2, -0.15) is 4.31 Å². The van der Waals surface area contributed by atoms with Crippen LogP contribution in [0.15, 0.2) is 0 Å². The molecule has 0 aromatic rings. The first-order valence-corrected chi connectivity index (χ1v) is 7.47. The molecule has 0 bridgehead atoms. The van der Waals surface area contributed by atoms with Crippen LogP contribution in [0.25, 0.3) is 0 Å². The monoisotopic (exact) mass is 249 g/mol. The van der Waals surface area contributed by atoms with Gasteiger partial charge in [0.15, 0.2) is 0 Å². The number of hydrogen-bond acceptors (Lipinski definition) is 4. The zero-order valence-electron chi connectivity index (χ0n) is 10.4. The number of likely N-dealkylation sites (N-methyl/N-ethyl adjacent to an activating group) is 1. The smallest absolute Gasteiger partial charge is 0.215 e. The van der Waals surface area contributed by atoms with Crippen LogP contribution in [0.5, 0.6) is 0 Å². The normalized spacial score (nSPS) is 24.8. The molecule has 16 heavy (non-hydrogen) atoms.